The van der Waals surface area contributed by atoms with E-state index in [1.165, 1.54) is 0 Å². The summed E-state index contributed by atoms with van der Waals surface area (Å²) >= 11 is 0. The van der Waals surface area contributed by atoms with Gasteiger partial charge in [0, 0.05) is 31.7 Å². The summed E-state index contributed by atoms with van der Waals surface area (Å²) < 4.78 is 1.82. The van der Waals surface area contributed by atoms with Crippen molar-refractivity contribution in [2.75, 3.05) is 18.9 Å². The molecule has 1 aromatic heterocycles. The van der Waals surface area contributed by atoms with Gasteiger partial charge in [0.2, 0.25) is 5.91 Å². The Morgan fingerprint density at radius 3 is 2.96 bits per heavy atom. The number of nitrogens with zero attached hydrogens (tertiary/aromatic N) is 3. The number of carbonyl (C=O) groups excluding carboxylic acids is 2. The van der Waals surface area contributed by atoms with Crippen LogP contribution in [0.4, 0.5) is 10.5 Å². The molecule has 24 heavy (non-hydrogen) atoms. The predicted molar refractivity (Wildman–Crippen MR) is 90.6 cm³/mol. The van der Waals surface area contributed by atoms with Crippen LogP contribution in [-0.2, 0) is 11.3 Å². The number of hydrogen-bond acceptors (Lipinski definition) is 3. The fourth-order valence-electron chi connectivity index (χ4n) is 2.97. The van der Waals surface area contributed by atoms with Crippen LogP contribution in [0.15, 0.2) is 42.7 Å². The fourth-order valence-corrected chi connectivity index (χ4v) is 2.97. The van der Waals surface area contributed by atoms with Gasteiger partial charge < -0.3 is 15.5 Å². The monoisotopic (exact) mass is 327 g/mol. The third kappa shape index (κ3) is 3.56. The molecule has 1 saturated heterocycles. The van der Waals surface area contributed by atoms with Gasteiger partial charge in [0.15, 0.2) is 0 Å². The quantitative estimate of drug-likeness (QED) is 0.896. The van der Waals surface area contributed by atoms with Gasteiger partial charge >= 0.3 is 6.03 Å². The first-order valence-corrected chi connectivity index (χ1v) is 8.03. The molecule has 1 unspecified atom stereocenters. The highest BCUT2D eigenvalue weighted by Crippen LogP contribution is 2.19. The van der Waals surface area contributed by atoms with E-state index in [1.54, 1.807) is 18.1 Å². The Balaban J connectivity index is 1.67. The summed E-state index contributed by atoms with van der Waals surface area (Å²) in [5.74, 6) is -0.116. The van der Waals surface area contributed by atoms with Gasteiger partial charge in [-0.1, -0.05) is 12.1 Å². The van der Waals surface area contributed by atoms with Crippen molar-refractivity contribution >= 4 is 17.6 Å². The molecule has 7 heteroatoms. The number of rotatable bonds is 4. The zero-order chi connectivity index (χ0) is 16.9. The molecule has 1 aromatic carbocycles. The Hall–Kier alpha value is -2.83. The minimum atomic E-state index is -0.387. The number of nitrogens with one attached hydrogen (secondary N) is 2. The number of carbonyl (C=O) groups is 2. The number of likely N-dealkylation sites (tertiary alicyclic amines) is 1. The lowest BCUT2D eigenvalue weighted by atomic mass is 10.2. The number of urea groups is 1. The maximum absolute atomic E-state index is 12.5. The van der Waals surface area contributed by atoms with Crippen LogP contribution >= 0.6 is 0 Å². The van der Waals surface area contributed by atoms with Gasteiger partial charge in [-0.05, 0) is 36.6 Å². The smallest absolute Gasteiger partial charge is 0.322 e. The van der Waals surface area contributed by atoms with E-state index in [4.69, 9.17) is 0 Å². The van der Waals surface area contributed by atoms with Crippen LogP contribution in [-0.4, -0.2) is 46.3 Å². The Kier molecular flexibility index (Phi) is 4.79. The molecule has 0 saturated carbocycles. The van der Waals surface area contributed by atoms with Crippen LogP contribution in [0, 0.1) is 0 Å². The van der Waals surface area contributed by atoms with Gasteiger partial charge in [-0.2, -0.15) is 5.10 Å². The standard InChI is InChI=1S/C17H21N5O2/c1-18-16(23)15-7-3-10-22(15)17(24)20-14-6-2-5-13(11-14)12-21-9-4-8-19-21/h2,4-6,8-9,11,15H,3,7,10,12H2,1H3,(H,18,23)(H,20,24). The van der Waals surface area contributed by atoms with Crippen molar-refractivity contribution in [3.63, 3.8) is 0 Å². The largest absolute Gasteiger partial charge is 0.357 e. The SMILES string of the molecule is CNC(=O)C1CCCN1C(=O)Nc1cccc(Cn2cccn2)c1. The number of amides is 3. The fraction of sp³-hybridized carbons (Fsp3) is 0.353. The highest BCUT2D eigenvalue weighted by molar-refractivity contribution is 5.94. The van der Waals surface area contributed by atoms with E-state index in [9.17, 15) is 9.59 Å². The molecule has 126 valence electrons. The Bertz CT molecular complexity index is 714. The van der Waals surface area contributed by atoms with Gasteiger partial charge in [-0.25, -0.2) is 4.79 Å². The van der Waals surface area contributed by atoms with Crippen molar-refractivity contribution in [2.45, 2.75) is 25.4 Å². The van der Waals surface area contributed by atoms with Crippen molar-refractivity contribution in [3.05, 3.63) is 48.3 Å². The molecule has 2 heterocycles. The van der Waals surface area contributed by atoms with Gasteiger partial charge in [-0.3, -0.25) is 9.48 Å². The second-order valence-corrected chi connectivity index (χ2v) is 5.80. The van der Waals surface area contributed by atoms with Crippen molar-refractivity contribution in [1.29, 1.82) is 0 Å². The maximum Gasteiger partial charge on any atom is 0.322 e. The molecular formula is C17H21N5O2. The average molecular weight is 327 g/mol. The van der Waals surface area contributed by atoms with E-state index in [1.807, 2.05) is 41.2 Å². The molecule has 1 aliphatic heterocycles. The van der Waals surface area contributed by atoms with Gasteiger partial charge in [0.1, 0.15) is 6.04 Å². The topological polar surface area (TPSA) is 79.3 Å². The van der Waals surface area contributed by atoms with Crippen LogP contribution in [0.5, 0.6) is 0 Å². The summed E-state index contributed by atoms with van der Waals surface area (Å²) in [5.41, 5.74) is 1.76. The molecule has 0 spiro atoms. The Morgan fingerprint density at radius 2 is 2.21 bits per heavy atom. The van der Waals surface area contributed by atoms with Crippen molar-refractivity contribution in [1.82, 2.24) is 20.0 Å². The lowest BCUT2D eigenvalue weighted by Gasteiger charge is -2.23. The molecule has 2 N–H and O–H groups in total. The minimum Gasteiger partial charge on any atom is -0.357 e. The first-order valence-electron chi connectivity index (χ1n) is 8.03. The van der Waals surface area contributed by atoms with Crippen LogP contribution in [0.1, 0.15) is 18.4 Å². The summed E-state index contributed by atoms with van der Waals surface area (Å²) in [6.07, 6.45) is 5.17. The summed E-state index contributed by atoms with van der Waals surface area (Å²) in [6, 6.07) is 8.90. The average Bonchev–Trinajstić information content (AvgIpc) is 3.25. The summed E-state index contributed by atoms with van der Waals surface area (Å²) in [5, 5.41) is 9.69. The zero-order valence-electron chi connectivity index (χ0n) is 13.6. The van der Waals surface area contributed by atoms with Gasteiger partial charge in [0.05, 0.1) is 6.54 Å². The normalized spacial score (nSPS) is 16.9. The van der Waals surface area contributed by atoms with Crippen molar-refractivity contribution in [3.8, 4) is 0 Å². The van der Waals surface area contributed by atoms with E-state index in [2.05, 4.69) is 15.7 Å². The number of anilines is 1. The number of benzene rings is 1. The Morgan fingerprint density at radius 1 is 1.33 bits per heavy atom. The third-order valence-electron chi connectivity index (χ3n) is 4.14. The summed E-state index contributed by atoms with van der Waals surface area (Å²) in [6.45, 7) is 1.23. The Labute approximate surface area is 140 Å². The third-order valence-corrected chi connectivity index (χ3v) is 4.14. The van der Waals surface area contributed by atoms with E-state index < -0.39 is 0 Å². The number of aromatic nitrogens is 2. The van der Waals surface area contributed by atoms with E-state index in [0.717, 1.165) is 12.0 Å². The maximum atomic E-state index is 12.5. The van der Waals surface area contributed by atoms with Crippen LogP contribution in [0.2, 0.25) is 0 Å². The van der Waals surface area contributed by atoms with E-state index in [0.29, 0.717) is 25.2 Å². The minimum absolute atomic E-state index is 0.116. The van der Waals surface area contributed by atoms with Crippen LogP contribution < -0.4 is 10.6 Å². The lowest BCUT2D eigenvalue weighted by Crippen LogP contribution is -2.46. The van der Waals surface area contributed by atoms with Crippen molar-refractivity contribution in [2.24, 2.45) is 0 Å². The molecule has 0 radical (unpaired) electrons. The second kappa shape index (κ2) is 7.16. The molecule has 3 amide bonds. The molecule has 7 nitrogen and oxygen atoms in total. The summed E-state index contributed by atoms with van der Waals surface area (Å²) in [4.78, 5) is 26.0. The molecule has 0 bridgehead atoms. The first-order chi connectivity index (χ1) is 11.7. The predicted octanol–water partition coefficient (Wildman–Crippen LogP) is 1.67. The van der Waals surface area contributed by atoms with Crippen LogP contribution in [0.25, 0.3) is 0 Å². The second-order valence-electron chi connectivity index (χ2n) is 5.80. The molecular weight excluding hydrogens is 306 g/mol. The lowest BCUT2D eigenvalue weighted by molar-refractivity contribution is -0.124. The number of hydrogen-bond donors (Lipinski definition) is 2. The molecule has 2 aromatic rings. The van der Waals surface area contributed by atoms with Gasteiger partial charge in [0.25, 0.3) is 0 Å². The first kappa shape index (κ1) is 16.0. The number of likely N-dealkylation sites (N-methyl/N-ethyl adjacent to an activating group) is 1. The molecule has 1 aliphatic rings. The zero-order valence-corrected chi connectivity index (χ0v) is 13.6. The van der Waals surface area contributed by atoms with E-state index >= 15 is 0 Å². The van der Waals surface area contributed by atoms with Crippen LogP contribution in [0.3, 0.4) is 0 Å². The molecule has 0 aliphatic carbocycles. The highest BCUT2D eigenvalue weighted by atomic mass is 16.2. The molecule has 1 atom stereocenters. The van der Waals surface area contributed by atoms with E-state index in [-0.39, 0.29) is 18.0 Å². The molecule has 1 fully saturated rings. The molecule has 3 rings (SSSR count). The highest BCUT2D eigenvalue weighted by Gasteiger charge is 2.33. The van der Waals surface area contributed by atoms with Crippen molar-refractivity contribution < 1.29 is 9.59 Å². The summed E-state index contributed by atoms with van der Waals surface area (Å²) in [7, 11) is 1.59. The van der Waals surface area contributed by atoms with Gasteiger partial charge in [-0.15, -0.1) is 0 Å².